The van der Waals surface area contributed by atoms with Gasteiger partial charge in [0.1, 0.15) is 5.82 Å². The van der Waals surface area contributed by atoms with Gasteiger partial charge in [-0.3, -0.25) is 4.79 Å². The van der Waals surface area contributed by atoms with Crippen molar-refractivity contribution in [2.75, 3.05) is 38.5 Å². The Balaban J connectivity index is 0.00000274. The zero-order valence-corrected chi connectivity index (χ0v) is 27.1. The molecule has 2 aliphatic heterocycles. The van der Waals surface area contributed by atoms with Gasteiger partial charge in [-0.05, 0) is 70.2 Å². The van der Waals surface area contributed by atoms with E-state index in [1.165, 1.54) is 50.2 Å². The summed E-state index contributed by atoms with van der Waals surface area (Å²) < 4.78 is 29.8. The Bertz CT molecular complexity index is 1120. The number of nitrogens with zero attached hydrogens (tertiary/aromatic N) is 1. The van der Waals surface area contributed by atoms with Crippen LogP contribution in [0.2, 0.25) is 0 Å². The third kappa shape index (κ3) is 10.9. The van der Waals surface area contributed by atoms with Crippen LogP contribution in [0.1, 0.15) is 70.2 Å². The number of nitrogens with two attached hydrogens (primary N) is 1. The summed E-state index contributed by atoms with van der Waals surface area (Å²) >= 11 is 1.30. The minimum atomic E-state index is -1.11. The molecule has 0 aromatic heterocycles. The number of benzene rings is 1. The number of ketones is 1. The highest BCUT2D eigenvalue weighted by molar-refractivity contribution is 8.07. The molecule has 10 heteroatoms. The van der Waals surface area contributed by atoms with Crippen LogP contribution in [0.4, 0.5) is 4.39 Å². The number of piperidine rings is 1. The second-order valence-electron chi connectivity index (χ2n) is 9.53. The topological polar surface area (TPSA) is 87.5 Å². The number of likely N-dealkylation sites (tertiary alicyclic amines) is 1. The summed E-state index contributed by atoms with van der Waals surface area (Å²) in [6.07, 6.45) is 11.2. The molecule has 3 rings (SSSR count). The number of rotatable bonds is 13. The first-order chi connectivity index (χ1) is 19.3. The van der Waals surface area contributed by atoms with E-state index in [0.717, 1.165) is 35.7 Å². The van der Waals surface area contributed by atoms with E-state index >= 15 is 0 Å². The van der Waals surface area contributed by atoms with Gasteiger partial charge in [0.05, 0.1) is 27.2 Å². The molecule has 0 bridgehead atoms. The molecule has 0 amide bonds. The van der Waals surface area contributed by atoms with Crippen molar-refractivity contribution in [1.29, 1.82) is 0 Å². The molecule has 2 aliphatic rings. The lowest BCUT2D eigenvalue weighted by Crippen LogP contribution is -2.32. The minimum absolute atomic E-state index is 0.0417. The van der Waals surface area contributed by atoms with E-state index in [1.54, 1.807) is 12.1 Å². The molecule has 1 saturated heterocycles. The summed E-state index contributed by atoms with van der Waals surface area (Å²) in [5, 5.41) is 3.90. The first kappa shape index (κ1) is 34.4. The molecule has 4 N–H and O–H groups in total. The van der Waals surface area contributed by atoms with Gasteiger partial charge in [0.25, 0.3) is 0 Å². The van der Waals surface area contributed by atoms with Crippen molar-refractivity contribution >= 4 is 43.1 Å². The van der Waals surface area contributed by atoms with Crippen molar-refractivity contribution in [2.45, 2.75) is 59.8 Å². The van der Waals surface area contributed by atoms with Gasteiger partial charge in [-0.25, -0.2) is 13.3 Å². The van der Waals surface area contributed by atoms with Gasteiger partial charge in [-0.15, -0.1) is 9.24 Å². The number of thioether (sulfide) groups is 1. The lowest BCUT2D eigenvalue weighted by atomic mass is 10.1. The quantitative estimate of drug-likeness (QED) is 0.122. The highest BCUT2D eigenvalue weighted by Gasteiger charge is 2.26. The van der Waals surface area contributed by atoms with E-state index in [1.807, 2.05) is 45.9 Å². The molecule has 0 aliphatic carbocycles. The molecule has 0 radical (unpaired) electrons. The highest BCUT2D eigenvalue weighted by atomic mass is 32.2. The maximum Gasteiger partial charge on any atom is 0.205 e. The van der Waals surface area contributed by atoms with Crippen molar-refractivity contribution in [3.63, 3.8) is 0 Å². The molecular weight excluding hydrogens is 562 g/mol. The summed E-state index contributed by atoms with van der Waals surface area (Å²) in [4.78, 5) is 17.0. The van der Waals surface area contributed by atoms with E-state index in [9.17, 15) is 13.4 Å². The van der Waals surface area contributed by atoms with E-state index in [2.05, 4.69) is 24.2 Å². The van der Waals surface area contributed by atoms with E-state index < -0.39 is 22.6 Å². The number of carbonyl (C=O) groups is 1. The third-order valence-corrected chi connectivity index (χ3v) is 9.49. The molecule has 1 aromatic rings. The van der Waals surface area contributed by atoms with Gasteiger partial charge >= 0.3 is 0 Å². The van der Waals surface area contributed by atoms with Crippen LogP contribution < -0.4 is 21.1 Å². The smallest absolute Gasteiger partial charge is 0.205 e. The minimum Gasteiger partial charge on any atom is -0.401 e. The predicted molar refractivity (Wildman–Crippen MR) is 174 cm³/mol. The van der Waals surface area contributed by atoms with E-state index in [0.29, 0.717) is 34.6 Å². The lowest BCUT2D eigenvalue weighted by Gasteiger charge is -2.26. The van der Waals surface area contributed by atoms with Crippen LogP contribution in [-0.2, 0) is 11.0 Å². The van der Waals surface area contributed by atoms with Crippen molar-refractivity contribution in [3.05, 3.63) is 74.6 Å². The number of nitrogens with one attached hydrogen (secondary N) is 2. The number of Topliss-reactive ketones (excluding diaryl/α,β-unsaturated/α-hetero) is 1. The summed E-state index contributed by atoms with van der Waals surface area (Å²) in [5.41, 5.74) is 8.70. The van der Waals surface area contributed by atoms with Crippen LogP contribution in [0.3, 0.4) is 0 Å². The summed E-state index contributed by atoms with van der Waals surface area (Å²) in [7, 11) is 1.31. The fourth-order valence-electron chi connectivity index (χ4n) is 4.45. The molecule has 2 atom stereocenters. The number of hydrogen-bond acceptors (Lipinski definition) is 6. The van der Waals surface area contributed by atoms with Gasteiger partial charge in [-0.2, -0.15) is 0 Å². The van der Waals surface area contributed by atoms with Crippen LogP contribution in [0.15, 0.2) is 63.2 Å². The molecular formula is C30H46FN4O2PS2. The van der Waals surface area contributed by atoms with Crippen molar-refractivity contribution < 1.29 is 13.4 Å². The van der Waals surface area contributed by atoms with Gasteiger partial charge < -0.3 is 16.0 Å². The molecule has 40 heavy (non-hydrogen) atoms. The maximum absolute atomic E-state index is 14.4. The predicted octanol–water partition coefficient (Wildman–Crippen LogP) is 5.30. The molecule has 1 fully saturated rings. The van der Waals surface area contributed by atoms with E-state index in [-0.39, 0.29) is 5.56 Å². The zero-order valence-electron chi connectivity index (χ0n) is 24.4. The van der Waals surface area contributed by atoms with Crippen molar-refractivity contribution in [2.24, 2.45) is 5.73 Å². The normalized spacial score (nSPS) is 17.6. The Morgan fingerprint density at radius 2 is 1.98 bits per heavy atom. The number of allylic oxidation sites excluding steroid dienone is 4. The zero-order chi connectivity index (χ0) is 29.5. The van der Waals surface area contributed by atoms with Crippen LogP contribution in [0.5, 0.6) is 0 Å². The molecule has 6 nitrogen and oxygen atoms in total. The Labute approximate surface area is 249 Å². The molecule has 1 aromatic carbocycles. The summed E-state index contributed by atoms with van der Waals surface area (Å²) in [6.45, 7) is 12.6. The first-order valence-electron chi connectivity index (χ1n) is 14.1. The SMILES string of the molecule is C/C=C(\C=C/CS(=O)NCCCN1CCCCC1)NCC1=C(C)CC(N)=C(C(=O)c2c(F)cccc2P)S1.CC. The van der Waals surface area contributed by atoms with Crippen LogP contribution in [-0.4, -0.2) is 53.4 Å². The van der Waals surface area contributed by atoms with Crippen molar-refractivity contribution in [3.8, 4) is 0 Å². The first-order valence-corrected chi connectivity index (χ1v) is 16.9. The fraction of sp³-hybridized carbons (Fsp3) is 0.500. The number of halogens is 1. The monoisotopic (exact) mass is 608 g/mol. The maximum atomic E-state index is 14.4. The standard InChI is InChI=1S/C28H40FN4O2PS2.C2H6/c1-3-21(10-8-17-38(35)32-13-9-16-33-14-5-4-6-15-33)31-19-25-20(2)18-23(30)28(37-25)27(34)26-22(29)11-7-12-24(26)36;1-2/h3,7-8,10-12,31-32H,4-6,9,13-19,30,36H2,1-2H3;1-2H3/b10-8-,21-3+;. The average molecular weight is 609 g/mol. The summed E-state index contributed by atoms with van der Waals surface area (Å²) in [5.74, 6) is -0.515. The van der Waals surface area contributed by atoms with Gasteiger partial charge in [0.2, 0.25) is 5.78 Å². The third-order valence-electron chi connectivity index (χ3n) is 6.60. The van der Waals surface area contributed by atoms with Gasteiger partial charge in [-0.1, -0.05) is 61.9 Å². The Morgan fingerprint density at radius 3 is 2.65 bits per heavy atom. The molecule has 0 saturated carbocycles. The van der Waals surface area contributed by atoms with Crippen LogP contribution in [0.25, 0.3) is 0 Å². The Hall–Kier alpha value is -1.77. The van der Waals surface area contributed by atoms with Crippen LogP contribution >= 0.6 is 21.0 Å². The second kappa shape index (κ2) is 18.6. The Morgan fingerprint density at radius 1 is 1.25 bits per heavy atom. The lowest BCUT2D eigenvalue weighted by molar-refractivity contribution is 0.103. The number of hydrogen-bond donors (Lipinski definition) is 3. The fourth-order valence-corrected chi connectivity index (χ4v) is 6.62. The van der Waals surface area contributed by atoms with E-state index in [4.69, 9.17) is 5.73 Å². The second-order valence-corrected chi connectivity index (χ2v) is 12.6. The van der Waals surface area contributed by atoms with Crippen molar-refractivity contribution in [1.82, 2.24) is 14.9 Å². The average Bonchev–Trinajstić information content (AvgIpc) is 2.95. The van der Waals surface area contributed by atoms with Gasteiger partial charge in [0, 0.05) is 35.8 Å². The summed E-state index contributed by atoms with van der Waals surface area (Å²) in [6, 6.07) is 4.56. The molecule has 2 heterocycles. The largest absolute Gasteiger partial charge is 0.401 e. The molecule has 0 spiro atoms. The van der Waals surface area contributed by atoms with Crippen LogP contribution in [0, 0.1) is 5.82 Å². The highest BCUT2D eigenvalue weighted by Crippen LogP contribution is 2.38. The van der Waals surface area contributed by atoms with Gasteiger partial charge in [0.15, 0.2) is 0 Å². The molecule has 2 unspecified atom stereocenters. The number of carbonyl (C=O) groups excluding carboxylic acids is 1. The molecule has 222 valence electrons. The Kier molecular flexibility index (Phi) is 16.0.